The van der Waals surface area contributed by atoms with E-state index in [0.717, 1.165) is 37.0 Å². The van der Waals surface area contributed by atoms with Crippen molar-refractivity contribution >= 4 is 5.78 Å². The first kappa shape index (κ1) is 16.1. The minimum Gasteiger partial charge on any atom is -0.489 e. The van der Waals surface area contributed by atoms with E-state index in [0.29, 0.717) is 5.78 Å². The number of hydrogen-bond acceptors (Lipinski definition) is 2. The van der Waals surface area contributed by atoms with E-state index in [4.69, 9.17) is 4.74 Å². The summed E-state index contributed by atoms with van der Waals surface area (Å²) >= 11 is 0. The molecule has 1 aromatic carbocycles. The lowest BCUT2D eigenvalue weighted by molar-refractivity contribution is 0.0603. The van der Waals surface area contributed by atoms with Gasteiger partial charge in [-0.05, 0) is 31.4 Å². The fourth-order valence-electron chi connectivity index (χ4n) is 3.17. The first-order chi connectivity index (χ1) is 10.3. The van der Waals surface area contributed by atoms with Crippen LogP contribution in [-0.2, 0) is 0 Å². The number of hydrogen-bond donors (Lipinski definition) is 0. The number of Topliss-reactive ketones (excluding diaryl/α,β-unsaturated/α-hetero) is 1. The van der Waals surface area contributed by atoms with E-state index in [1.54, 1.807) is 0 Å². The summed E-state index contributed by atoms with van der Waals surface area (Å²) in [5, 5.41) is 0. The minimum absolute atomic E-state index is 0.0586. The Morgan fingerprint density at radius 1 is 0.952 bits per heavy atom. The second-order valence-corrected chi connectivity index (χ2v) is 6.11. The molecule has 0 N–H and O–H groups in total. The van der Waals surface area contributed by atoms with Gasteiger partial charge in [0, 0.05) is 0 Å². The minimum atomic E-state index is 0.0586. The van der Waals surface area contributed by atoms with Crippen LogP contribution in [0.2, 0.25) is 0 Å². The van der Waals surface area contributed by atoms with Crippen molar-refractivity contribution in [2.75, 3.05) is 0 Å². The van der Waals surface area contributed by atoms with Gasteiger partial charge in [0.2, 0.25) is 0 Å². The summed E-state index contributed by atoms with van der Waals surface area (Å²) in [4.78, 5) is 12.8. The predicted molar refractivity (Wildman–Crippen MR) is 87.0 cm³/mol. The lowest BCUT2D eigenvalue weighted by Gasteiger charge is -2.32. The summed E-state index contributed by atoms with van der Waals surface area (Å²) in [6, 6.07) is 7.72. The molecule has 2 rings (SSSR count). The largest absolute Gasteiger partial charge is 0.489 e. The molecule has 116 valence electrons. The third-order valence-corrected chi connectivity index (χ3v) is 4.43. The molecule has 0 saturated carbocycles. The Balaban J connectivity index is 2.10. The van der Waals surface area contributed by atoms with Gasteiger partial charge in [0.15, 0.2) is 5.78 Å². The number of rotatable bonds is 8. The number of unbranched alkanes of at least 4 members (excludes halogenated alkanes) is 4. The molecule has 0 fully saturated rings. The second-order valence-electron chi connectivity index (χ2n) is 6.11. The Morgan fingerprint density at radius 2 is 1.62 bits per heavy atom. The molecule has 21 heavy (non-hydrogen) atoms. The fraction of sp³-hybridized carbons (Fsp3) is 0.632. The number of fused-ring (bicyclic) bond motifs is 1. The molecule has 0 bridgehead atoms. The molecule has 1 heterocycles. The molecule has 1 aliphatic rings. The average Bonchev–Trinajstić information content (AvgIpc) is 2.50. The number of carbonyl (C=O) groups excluding carboxylic acids is 1. The number of ketones is 1. The van der Waals surface area contributed by atoms with E-state index in [1.807, 2.05) is 24.3 Å². The molecule has 0 aliphatic carbocycles. The molecule has 0 amide bonds. The Labute approximate surface area is 128 Å². The van der Waals surface area contributed by atoms with E-state index in [1.165, 1.54) is 25.7 Å². The molecule has 0 saturated heterocycles. The van der Waals surface area contributed by atoms with Crippen molar-refractivity contribution in [3.05, 3.63) is 29.8 Å². The summed E-state index contributed by atoms with van der Waals surface area (Å²) in [6.45, 7) is 4.41. The molecule has 0 aromatic heterocycles. The van der Waals surface area contributed by atoms with Crippen molar-refractivity contribution in [2.45, 2.75) is 71.3 Å². The standard InChI is InChI=1S/C19H28O2/c1-3-5-7-11-15-17(13-8-6-4-2)21-18-14-10-9-12-16(18)19(15)20/h9-10,12,14-15,17H,3-8,11,13H2,1-2H3. The van der Waals surface area contributed by atoms with Gasteiger partial charge in [-0.25, -0.2) is 0 Å². The Morgan fingerprint density at radius 3 is 2.33 bits per heavy atom. The fourth-order valence-corrected chi connectivity index (χ4v) is 3.17. The molecule has 1 aromatic rings. The van der Waals surface area contributed by atoms with E-state index < -0.39 is 0 Å². The van der Waals surface area contributed by atoms with Crippen LogP contribution in [0.5, 0.6) is 5.75 Å². The predicted octanol–water partition coefficient (Wildman–Crippen LogP) is 5.41. The van der Waals surface area contributed by atoms with Gasteiger partial charge in [-0.3, -0.25) is 4.79 Å². The smallest absolute Gasteiger partial charge is 0.173 e. The van der Waals surface area contributed by atoms with Crippen molar-refractivity contribution < 1.29 is 9.53 Å². The molecule has 1 aliphatic heterocycles. The number of ether oxygens (including phenoxy) is 1. The van der Waals surface area contributed by atoms with Crippen molar-refractivity contribution in [1.82, 2.24) is 0 Å². The van der Waals surface area contributed by atoms with Crippen LogP contribution in [0.4, 0.5) is 0 Å². The zero-order chi connectivity index (χ0) is 15.1. The lowest BCUT2D eigenvalue weighted by atomic mass is 9.83. The highest BCUT2D eigenvalue weighted by atomic mass is 16.5. The van der Waals surface area contributed by atoms with Gasteiger partial charge in [-0.1, -0.05) is 58.1 Å². The van der Waals surface area contributed by atoms with Gasteiger partial charge in [0.1, 0.15) is 11.9 Å². The van der Waals surface area contributed by atoms with Crippen LogP contribution >= 0.6 is 0 Å². The average molecular weight is 288 g/mol. The van der Waals surface area contributed by atoms with Gasteiger partial charge >= 0.3 is 0 Å². The summed E-state index contributed by atoms with van der Waals surface area (Å²) in [5.74, 6) is 1.15. The van der Waals surface area contributed by atoms with Crippen LogP contribution in [0.1, 0.15) is 75.6 Å². The molecule has 2 unspecified atom stereocenters. The molecule has 0 radical (unpaired) electrons. The number of para-hydroxylation sites is 1. The maximum atomic E-state index is 12.8. The van der Waals surface area contributed by atoms with E-state index in [9.17, 15) is 4.79 Å². The van der Waals surface area contributed by atoms with Crippen LogP contribution in [0.15, 0.2) is 24.3 Å². The SMILES string of the molecule is CCCCCC1Oc2ccccc2C(=O)C1CCCCC. The normalized spacial score (nSPS) is 21.0. The third-order valence-electron chi connectivity index (χ3n) is 4.43. The van der Waals surface area contributed by atoms with E-state index in [2.05, 4.69) is 13.8 Å². The van der Waals surface area contributed by atoms with Crippen molar-refractivity contribution in [1.29, 1.82) is 0 Å². The van der Waals surface area contributed by atoms with Gasteiger partial charge in [-0.15, -0.1) is 0 Å². The van der Waals surface area contributed by atoms with E-state index in [-0.39, 0.29) is 12.0 Å². The zero-order valence-electron chi connectivity index (χ0n) is 13.4. The molecule has 2 heteroatoms. The Kier molecular flexibility index (Phi) is 6.28. The maximum Gasteiger partial charge on any atom is 0.173 e. The number of carbonyl (C=O) groups is 1. The maximum absolute atomic E-state index is 12.8. The first-order valence-corrected chi connectivity index (χ1v) is 8.57. The van der Waals surface area contributed by atoms with Gasteiger partial charge in [0.05, 0.1) is 11.5 Å². The van der Waals surface area contributed by atoms with Gasteiger partial charge < -0.3 is 4.74 Å². The van der Waals surface area contributed by atoms with Crippen molar-refractivity contribution in [3.63, 3.8) is 0 Å². The summed E-state index contributed by atoms with van der Waals surface area (Å²) in [5.41, 5.74) is 0.783. The summed E-state index contributed by atoms with van der Waals surface area (Å²) in [7, 11) is 0. The zero-order valence-corrected chi connectivity index (χ0v) is 13.4. The molecule has 2 nitrogen and oxygen atoms in total. The highest BCUT2D eigenvalue weighted by Gasteiger charge is 2.35. The van der Waals surface area contributed by atoms with Gasteiger partial charge in [-0.2, -0.15) is 0 Å². The number of benzene rings is 1. The highest BCUT2D eigenvalue weighted by molar-refractivity contribution is 6.01. The topological polar surface area (TPSA) is 26.3 Å². The Bertz CT molecular complexity index is 453. The van der Waals surface area contributed by atoms with Crippen LogP contribution < -0.4 is 4.74 Å². The summed E-state index contributed by atoms with van der Waals surface area (Å²) < 4.78 is 6.17. The van der Waals surface area contributed by atoms with Crippen LogP contribution in [0, 0.1) is 5.92 Å². The van der Waals surface area contributed by atoms with Gasteiger partial charge in [0.25, 0.3) is 0 Å². The molecular formula is C19H28O2. The molecule has 2 atom stereocenters. The first-order valence-electron chi connectivity index (χ1n) is 8.57. The van der Waals surface area contributed by atoms with Crippen LogP contribution in [0.3, 0.4) is 0 Å². The second kappa shape index (κ2) is 8.21. The van der Waals surface area contributed by atoms with Crippen molar-refractivity contribution in [3.8, 4) is 5.75 Å². The molecular weight excluding hydrogens is 260 g/mol. The quantitative estimate of drug-likeness (QED) is 0.598. The van der Waals surface area contributed by atoms with E-state index >= 15 is 0 Å². The van der Waals surface area contributed by atoms with Crippen molar-refractivity contribution in [2.24, 2.45) is 5.92 Å². The lowest BCUT2D eigenvalue weighted by Crippen LogP contribution is -2.37. The highest BCUT2D eigenvalue weighted by Crippen LogP contribution is 2.35. The van der Waals surface area contributed by atoms with Crippen LogP contribution in [0.25, 0.3) is 0 Å². The molecule has 0 spiro atoms. The summed E-state index contributed by atoms with van der Waals surface area (Å²) in [6.07, 6.45) is 9.16. The monoisotopic (exact) mass is 288 g/mol. The third kappa shape index (κ3) is 4.09. The Hall–Kier alpha value is -1.31. The van der Waals surface area contributed by atoms with Crippen LogP contribution in [-0.4, -0.2) is 11.9 Å².